The Morgan fingerprint density at radius 2 is 1.83 bits per heavy atom. The summed E-state index contributed by atoms with van der Waals surface area (Å²) < 4.78 is 29.4. The molecule has 3 aliphatic rings. The number of amides is 1. The van der Waals surface area contributed by atoms with Crippen LogP contribution in [0.25, 0.3) is 0 Å². The van der Waals surface area contributed by atoms with E-state index in [1.165, 1.54) is 6.07 Å². The quantitative estimate of drug-likeness (QED) is 0.382. The minimum absolute atomic E-state index is 0.0412. The van der Waals surface area contributed by atoms with Crippen molar-refractivity contribution < 1.29 is 18.7 Å². The molecule has 2 aromatic carbocycles. The highest BCUT2D eigenvalue weighted by molar-refractivity contribution is 7.97. The van der Waals surface area contributed by atoms with Crippen LogP contribution >= 0.6 is 35.1 Å². The number of ether oxygens (including phenoxy) is 2. The first-order valence-corrected chi connectivity index (χ1v) is 14.3. The van der Waals surface area contributed by atoms with Crippen molar-refractivity contribution in [3.05, 3.63) is 62.9 Å². The summed E-state index contributed by atoms with van der Waals surface area (Å²) in [5.74, 6) is -0.0634. The van der Waals surface area contributed by atoms with Gasteiger partial charge in [0.05, 0.1) is 30.9 Å². The van der Waals surface area contributed by atoms with E-state index in [2.05, 4.69) is 16.5 Å². The lowest BCUT2D eigenvalue weighted by Gasteiger charge is -2.53. The van der Waals surface area contributed by atoms with Crippen LogP contribution in [0.1, 0.15) is 60.0 Å². The third kappa shape index (κ3) is 5.23. The lowest BCUT2D eigenvalue weighted by Crippen LogP contribution is -2.62. The number of hydrogen-bond acceptors (Lipinski definition) is 5. The largest absolute Gasteiger partial charge is 0.493 e. The standard InChI is InChI=1S/C27H31Cl2FN2O3S/c1-26(14-35-24-13-23(30)22(25(33)31-36-2)12-21(24)17-3-4-17)5-7-32(8-6-26)27(15-34-16-27)18-9-19(28)11-20(29)10-18/h9-13,17H,3-8,14-16H2,1-2H3,(H,31,33). The Morgan fingerprint density at radius 1 is 1.17 bits per heavy atom. The Morgan fingerprint density at radius 3 is 2.39 bits per heavy atom. The van der Waals surface area contributed by atoms with Gasteiger partial charge >= 0.3 is 0 Å². The van der Waals surface area contributed by atoms with Crippen molar-refractivity contribution in [1.29, 1.82) is 0 Å². The SMILES string of the molecule is CSNC(=O)c1cc(C2CC2)c(OCC2(C)CCN(C3(c4cc(Cl)cc(Cl)c4)COC3)CC2)cc1F. The maximum absolute atomic E-state index is 14.8. The number of carbonyl (C=O) groups excluding carboxylic acids is 1. The molecule has 0 bridgehead atoms. The molecule has 1 aliphatic carbocycles. The number of hydrogen-bond donors (Lipinski definition) is 1. The number of nitrogens with one attached hydrogen (secondary N) is 1. The fraction of sp³-hybridized carbons (Fsp3) is 0.519. The van der Waals surface area contributed by atoms with Crippen molar-refractivity contribution in [2.75, 3.05) is 39.2 Å². The molecule has 5 nitrogen and oxygen atoms in total. The van der Waals surface area contributed by atoms with Crippen molar-refractivity contribution in [3.63, 3.8) is 0 Å². The predicted octanol–water partition coefficient (Wildman–Crippen LogP) is 6.42. The Bertz CT molecular complexity index is 1130. The molecule has 1 saturated carbocycles. The van der Waals surface area contributed by atoms with Crippen LogP contribution in [-0.2, 0) is 10.3 Å². The van der Waals surface area contributed by atoms with Gasteiger partial charge in [0, 0.05) is 27.8 Å². The number of nitrogens with zero attached hydrogens (tertiary/aromatic N) is 1. The van der Waals surface area contributed by atoms with Gasteiger partial charge in [0.15, 0.2) is 0 Å². The number of piperidine rings is 1. The van der Waals surface area contributed by atoms with Gasteiger partial charge in [0.2, 0.25) is 0 Å². The summed E-state index contributed by atoms with van der Waals surface area (Å²) in [7, 11) is 0. The first-order valence-electron chi connectivity index (χ1n) is 12.3. The molecule has 0 atom stereocenters. The first-order chi connectivity index (χ1) is 17.2. The van der Waals surface area contributed by atoms with Gasteiger partial charge in [-0.3, -0.25) is 14.4 Å². The smallest absolute Gasteiger partial charge is 0.264 e. The molecule has 194 valence electrons. The van der Waals surface area contributed by atoms with Crippen LogP contribution in [0.3, 0.4) is 0 Å². The summed E-state index contributed by atoms with van der Waals surface area (Å²) in [5.41, 5.74) is 1.87. The third-order valence-corrected chi connectivity index (χ3v) is 8.62. The van der Waals surface area contributed by atoms with E-state index in [4.69, 9.17) is 32.7 Å². The summed E-state index contributed by atoms with van der Waals surface area (Å²) in [6.45, 7) is 5.77. The molecule has 36 heavy (non-hydrogen) atoms. The molecule has 0 aromatic heterocycles. The van der Waals surface area contributed by atoms with Crippen molar-refractivity contribution in [2.45, 2.75) is 44.1 Å². The minimum Gasteiger partial charge on any atom is -0.493 e. The lowest BCUT2D eigenvalue weighted by atomic mass is 9.77. The van der Waals surface area contributed by atoms with E-state index < -0.39 is 11.7 Å². The molecule has 1 N–H and O–H groups in total. The van der Waals surface area contributed by atoms with E-state index in [1.54, 1.807) is 18.4 Å². The topological polar surface area (TPSA) is 50.8 Å². The highest BCUT2D eigenvalue weighted by Crippen LogP contribution is 2.46. The van der Waals surface area contributed by atoms with E-state index in [1.807, 2.05) is 12.1 Å². The highest BCUT2D eigenvalue weighted by Gasteiger charge is 2.48. The van der Waals surface area contributed by atoms with Gasteiger partial charge in [0.25, 0.3) is 5.91 Å². The molecule has 2 heterocycles. The van der Waals surface area contributed by atoms with E-state index >= 15 is 0 Å². The average molecular weight is 554 g/mol. The Hall–Kier alpha value is -1.51. The molecule has 9 heteroatoms. The van der Waals surface area contributed by atoms with Crippen molar-refractivity contribution in [2.24, 2.45) is 5.41 Å². The molecule has 2 aliphatic heterocycles. The first kappa shape index (κ1) is 26.1. The maximum atomic E-state index is 14.8. The molecule has 0 radical (unpaired) electrons. The van der Waals surface area contributed by atoms with Gasteiger partial charge in [-0.1, -0.05) is 42.1 Å². The van der Waals surface area contributed by atoms with E-state index in [0.717, 1.165) is 61.8 Å². The molecule has 3 fully saturated rings. The van der Waals surface area contributed by atoms with Crippen LogP contribution in [-0.4, -0.2) is 50.0 Å². The van der Waals surface area contributed by atoms with Gasteiger partial charge in [0.1, 0.15) is 11.6 Å². The molecule has 1 amide bonds. The van der Waals surface area contributed by atoms with Crippen LogP contribution in [0, 0.1) is 11.2 Å². The molecular weight excluding hydrogens is 522 g/mol. The fourth-order valence-corrected chi connectivity index (χ4v) is 6.07. The summed E-state index contributed by atoms with van der Waals surface area (Å²) in [4.78, 5) is 14.7. The Labute approximate surface area is 226 Å². The summed E-state index contributed by atoms with van der Waals surface area (Å²) in [6.07, 6.45) is 5.70. The number of halogens is 3. The molecule has 0 spiro atoms. The molecular formula is C27H31Cl2FN2O3S. The number of benzene rings is 2. The molecule has 5 rings (SSSR count). The predicted molar refractivity (Wildman–Crippen MR) is 143 cm³/mol. The minimum atomic E-state index is -0.548. The second-order valence-electron chi connectivity index (χ2n) is 10.5. The highest BCUT2D eigenvalue weighted by atomic mass is 35.5. The van der Waals surface area contributed by atoms with E-state index in [-0.39, 0.29) is 16.5 Å². The maximum Gasteiger partial charge on any atom is 0.264 e. The van der Waals surface area contributed by atoms with Crippen molar-refractivity contribution in [1.82, 2.24) is 9.62 Å². The van der Waals surface area contributed by atoms with E-state index in [0.29, 0.717) is 41.5 Å². The van der Waals surface area contributed by atoms with Gasteiger partial charge in [-0.05, 0) is 80.1 Å². The van der Waals surface area contributed by atoms with Crippen molar-refractivity contribution >= 4 is 41.1 Å². The number of likely N-dealkylation sites (tertiary alicyclic amines) is 1. The van der Waals surface area contributed by atoms with Crippen molar-refractivity contribution in [3.8, 4) is 5.75 Å². The van der Waals surface area contributed by atoms with Crippen LogP contribution in [0.4, 0.5) is 4.39 Å². The van der Waals surface area contributed by atoms with Crippen LogP contribution in [0.2, 0.25) is 10.0 Å². The van der Waals surface area contributed by atoms with Gasteiger partial charge in [-0.25, -0.2) is 4.39 Å². The Balaban J connectivity index is 1.27. The zero-order chi connectivity index (χ0) is 25.5. The van der Waals surface area contributed by atoms with Gasteiger partial charge in [-0.2, -0.15) is 0 Å². The zero-order valence-corrected chi connectivity index (χ0v) is 22.9. The average Bonchev–Trinajstić information content (AvgIpc) is 3.63. The van der Waals surface area contributed by atoms with Gasteiger partial charge in [-0.15, -0.1) is 0 Å². The normalized spacial score (nSPS) is 21.0. The van der Waals surface area contributed by atoms with E-state index in [9.17, 15) is 9.18 Å². The van der Waals surface area contributed by atoms with Crippen LogP contribution in [0.5, 0.6) is 5.75 Å². The monoisotopic (exact) mass is 552 g/mol. The molecule has 2 saturated heterocycles. The summed E-state index contributed by atoms with van der Waals surface area (Å²) in [6, 6.07) is 8.80. The molecule has 2 aromatic rings. The molecule has 0 unspecified atom stereocenters. The fourth-order valence-electron chi connectivity index (χ4n) is 5.25. The number of carbonyl (C=O) groups is 1. The zero-order valence-electron chi connectivity index (χ0n) is 20.5. The van der Waals surface area contributed by atoms with Crippen LogP contribution < -0.4 is 9.46 Å². The summed E-state index contributed by atoms with van der Waals surface area (Å²) in [5, 5.41) is 1.27. The second-order valence-corrected chi connectivity index (χ2v) is 12.0. The summed E-state index contributed by atoms with van der Waals surface area (Å²) >= 11 is 13.8. The third-order valence-electron chi connectivity index (χ3n) is 7.79. The number of rotatable bonds is 8. The second kappa shape index (κ2) is 10.3. The lowest BCUT2D eigenvalue weighted by molar-refractivity contribution is -0.159. The Kier molecular flexibility index (Phi) is 7.50. The van der Waals surface area contributed by atoms with Crippen LogP contribution in [0.15, 0.2) is 30.3 Å². The van der Waals surface area contributed by atoms with Gasteiger partial charge < -0.3 is 9.47 Å².